The lowest BCUT2D eigenvalue weighted by molar-refractivity contribution is 0.102. The van der Waals surface area contributed by atoms with E-state index in [1.165, 1.54) is 35.6 Å². The van der Waals surface area contributed by atoms with Crippen LogP contribution in [0.5, 0.6) is 5.75 Å². The lowest BCUT2D eigenvalue weighted by Gasteiger charge is -2.20. The number of nitrogens with one attached hydrogen (secondary N) is 1. The van der Waals surface area contributed by atoms with Gasteiger partial charge in [-0.2, -0.15) is 14.8 Å². The van der Waals surface area contributed by atoms with Gasteiger partial charge in [0.05, 0.1) is 29.8 Å². The van der Waals surface area contributed by atoms with E-state index >= 15 is 0 Å². The second-order valence-electron chi connectivity index (χ2n) is 7.35. The van der Waals surface area contributed by atoms with Gasteiger partial charge in [-0.15, -0.1) is 11.3 Å². The summed E-state index contributed by atoms with van der Waals surface area (Å²) in [6.07, 6.45) is 0.0216. The molecule has 0 saturated carbocycles. The van der Waals surface area contributed by atoms with Gasteiger partial charge in [0.1, 0.15) is 5.75 Å². The first-order chi connectivity index (χ1) is 16.8. The average molecular weight is 510 g/mol. The molecule has 0 saturated heterocycles. The molecule has 9 nitrogen and oxygen atoms in total. The highest BCUT2D eigenvalue weighted by atomic mass is 32.2. The van der Waals surface area contributed by atoms with E-state index in [0.717, 1.165) is 26.2 Å². The smallest absolute Gasteiger partial charge is 0.257 e. The maximum absolute atomic E-state index is 12.9. The van der Waals surface area contributed by atoms with E-state index in [4.69, 9.17) is 15.3 Å². The van der Waals surface area contributed by atoms with Crippen LogP contribution in [0.25, 0.3) is 11.3 Å². The summed E-state index contributed by atoms with van der Waals surface area (Å²) in [5.41, 5.74) is 1.92. The Hall–Kier alpha value is -3.77. The summed E-state index contributed by atoms with van der Waals surface area (Å²) in [5, 5.41) is 20.8. The quantitative estimate of drug-likeness (QED) is 0.432. The molecule has 1 N–H and O–H groups in total. The fourth-order valence-corrected chi connectivity index (χ4v) is 5.54. The number of carbonyl (C=O) groups is 1. The molecule has 1 heterocycles. The van der Waals surface area contributed by atoms with Crippen molar-refractivity contribution in [1.82, 2.24) is 9.29 Å². The van der Waals surface area contributed by atoms with Gasteiger partial charge in [0.25, 0.3) is 5.91 Å². The van der Waals surface area contributed by atoms with Gasteiger partial charge in [-0.1, -0.05) is 0 Å². The van der Waals surface area contributed by atoms with Crippen LogP contribution in [0.15, 0.2) is 53.4 Å². The first-order valence-corrected chi connectivity index (χ1v) is 12.8. The summed E-state index contributed by atoms with van der Waals surface area (Å²) in [4.78, 5) is 18.2. The van der Waals surface area contributed by atoms with Gasteiger partial charge in [-0.25, -0.2) is 13.4 Å². The molecule has 0 bridgehead atoms. The molecule has 1 amide bonds. The lowest BCUT2D eigenvalue weighted by Crippen LogP contribution is -2.32. The van der Waals surface area contributed by atoms with Gasteiger partial charge in [0.15, 0.2) is 5.13 Å². The molecular weight excluding hydrogens is 486 g/mol. The molecule has 0 unspecified atom stereocenters. The third kappa shape index (κ3) is 6.22. The molecule has 0 aliphatic rings. The Balaban J connectivity index is 1.74. The standard InChI is InChI=1S/C24H23N5O4S2/c1-17-22(18-5-9-20(33-2)10-6-18)27-24(34-17)28-23(30)19-7-11-21(12-8-19)35(31,32)29(15-3-13-25)16-4-14-26/h5-12H,3-4,15-16H2,1-2H3,(H,27,28,30). The number of ether oxygens (including phenoxy) is 1. The zero-order valence-corrected chi connectivity index (χ0v) is 20.8. The number of hydrogen-bond donors (Lipinski definition) is 1. The van der Waals surface area contributed by atoms with Crippen molar-refractivity contribution < 1.29 is 17.9 Å². The average Bonchev–Trinajstić information content (AvgIpc) is 3.23. The number of nitrogens with zero attached hydrogens (tertiary/aromatic N) is 4. The molecule has 0 atom stereocenters. The molecule has 3 aromatic rings. The third-order valence-electron chi connectivity index (χ3n) is 5.08. The van der Waals surface area contributed by atoms with Crippen molar-refractivity contribution in [2.75, 3.05) is 25.5 Å². The normalized spacial score (nSPS) is 11.0. The molecule has 0 aliphatic heterocycles. The number of methoxy groups -OCH3 is 1. The molecule has 3 rings (SSSR count). The summed E-state index contributed by atoms with van der Waals surface area (Å²) in [6, 6.07) is 16.8. The molecule has 11 heteroatoms. The predicted octanol–water partition coefficient (Wildman–Crippen LogP) is 4.20. The van der Waals surface area contributed by atoms with Gasteiger partial charge >= 0.3 is 0 Å². The van der Waals surface area contributed by atoms with E-state index in [0.29, 0.717) is 5.13 Å². The first kappa shape index (κ1) is 25.8. The number of hydrogen-bond acceptors (Lipinski definition) is 8. The highest BCUT2D eigenvalue weighted by Crippen LogP contribution is 2.31. The van der Waals surface area contributed by atoms with E-state index in [1.807, 2.05) is 43.3 Å². The van der Waals surface area contributed by atoms with E-state index in [-0.39, 0.29) is 36.4 Å². The zero-order valence-electron chi connectivity index (χ0n) is 19.2. The van der Waals surface area contributed by atoms with E-state index in [9.17, 15) is 13.2 Å². The second-order valence-corrected chi connectivity index (χ2v) is 10.5. The van der Waals surface area contributed by atoms with Crippen LogP contribution < -0.4 is 10.1 Å². The lowest BCUT2D eigenvalue weighted by atomic mass is 10.1. The number of anilines is 1. The van der Waals surface area contributed by atoms with Crippen LogP contribution in [0.1, 0.15) is 28.1 Å². The Morgan fingerprint density at radius 2 is 1.66 bits per heavy atom. The van der Waals surface area contributed by atoms with Crippen LogP contribution in [0.3, 0.4) is 0 Å². The van der Waals surface area contributed by atoms with Crippen LogP contribution in [0.2, 0.25) is 0 Å². The minimum atomic E-state index is -3.90. The maximum atomic E-state index is 12.9. The number of thiazole rings is 1. The van der Waals surface area contributed by atoms with Crippen molar-refractivity contribution in [2.24, 2.45) is 0 Å². The number of sulfonamides is 1. The summed E-state index contributed by atoms with van der Waals surface area (Å²) < 4.78 is 32.1. The number of rotatable bonds is 10. The van der Waals surface area contributed by atoms with Crippen LogP contribution >= 0.6 is 11.3 Å². The van der Waals surface area contributed by atoms with Crippen LogP contribution in [-0.4, -0.2) is 43.8 Å². The Morgan fingerprint density at radius 3 is 2.20 bits per heavy atom. The van der Waals surface area contributed by atoms with E-state index in [1.54, 1.807) is 7.11 Å². The zero-order chi connectivity index (χ0) is 25.4. The SMILES string of the molecule is COc1ccc(-c2nc(NC(=O)c3ccc(S(=O)(=O)N(CCC#N)CCC#N)cc3)sc2C)cc1. The van der Waals surface area contributed by atoms with Crippen LogP contribution in [0, 0.1) is 29.6 Å². The van der Waals surface area contributed by atoms with Gasteiger partial charge in [-0.05, 0) is 55.5 Å². The molecule has 0 spiro atoms. The molecular formula is C24H23N5O4S2. The van der Waals surface area contributed by atoms with Crippen molar-refractivity contribution in [3.8, 4) is 29.1 Å². The number of nitriles is 2. The molecule has 0 aliphatic carbocycles. The van der Waals surface area contributed by atoms with Gasteiger partial charge < -0.3 is 4.74 Å². The number of amides is 1. The van der Waals surface area contributed by atoms with Crippen molar-refractivity contribution in [2.45, 2.75) is 24.7 Å². The Kier molecular flexibility index (Phi) is 8.55. The highest BCUT2D eigenvalue weighted by Gasteiger charge is 2.24. The van der Waals surface area contributed by atoms with Gasteiger partial charge in [0.2, 0.25) is 10.0 Å². The number of benzene rings is 2. The fraction of sp³-hybridized carbons (Fsp3) is 0.250. The van der Waals surface area contributed by atoms with Crippen molar-refractivity contribution in [3.63, 3.8) is 0 Å². The molecule has 1 aromatic heterocycles. The molecule has 35 heavy (non-hydrogen) atoms. The largest absolute Gasteiger partial charge is 0.497 e. The Morgan fingerprint density at radius 1 is 1.06 bits per heavy atom. The number of aryl methyl sites for hydroxylation is 1. The Bertz CT molecular complexity index is 1350. The Labute approximate surface area is 208 Å². The summed E-state index contributed by atoms with van der Waals surface area (Å²) in [6.45, 7) is 1.89. The first-order valence-electron chi connectivity index (χ1n) is 10.6. The van der Waals surface area contributed by atoms with Crippen LogP contribution in [-0.2, 0) is 10.0 Å². The molecule has 180 valence electrons. The highest BCUT2D eigenvalue weighted by molar-refractivity contribution is 7.89. The fourth-order valence-electron chi connectivity index (χ4n) is 3.26. The van der Waals surface area contributed by atoms with Crippen molar-refractivity contribution >= 4 is 32.4 Å². The van der Waals surface area contributed by atoms with Crippen molar-refractivity contribution in [1.29, 1.82) is 10.5 Å². The number of aromatic nitrogens is 1. The van der Waals surface area contributed by atoms with Crippen molar-refractivity contribution in [3.05, 3.63) is 59.0 Å². The van der Waals surface area contributed by atoms with Gasteiger partial charge in [-0.3, -0.25) is 10.1 Å². The number of carbonyl (C=O) groups excluding carboxylic acids is 1. The van der Waals surface area contributed by atoms with E-state index < -0.39 is 15.9 Å². The van der Waals surface area contributed by atoms with E-state index in [2.05, 4.69) is 10.3 Å². The topological polar surface area (TPSA) is 136 Å². The minimum Gasteiger partial charge on any atom is -0.497 e. The monoisotopic (exact) mass is 509 g/mol. The van der Waals surface area contributed by atoms with Gasteiger partial charge in [0, 0.05) is 41.9 Å². The minimum absolute atomic E-state index is 0.0108. The molecule has 0 fully saturated rings. The predicted molar refractivity (Wildman–Crippen MR) is 132 cm³/mol. The summed E-state index contributed by atoms with van der Waals surface area (Å²) in [7, 11) is -2.31. The second kappa shape index (κ2) is 11.6. The maximum Gasteiger partial charge on any atom is 0.257 e. The summed E-state index contributed by atoms with van der Waals surface area (Å²) in [5.74, 6) is 0.314. The molecule has 2 aromatic carbocycles. The molecule has 0 radical (unpaired) electrons. The summed E-state index contributed by atoms with van der Waals surface area (Å²) >= 11 is 1.34. The van der Waals surface area contributed by atoms with Crippen LogP contribution in [0.4, 0.5) is 5.13 Å². The third-order valence-corrected chi connectivity index (χ3v) is 7.88.